The van der Waals surface area contributed by atoms with Crippen LogP contribution in [0.15, 0.2) is 95.4 Å². The van der Waals surface area contributed by atoms with Gasteiger partial charge in [0.05, 0.1) is 0 Å². The Bertz CT molecular complexity index is 1230. The molecule has 1 heteroatoms. The second-order valence-corrected chi connectivity index (χ2v) is 6.72. The van der Waals surface area contributed by atoms with Gasteiger partial charge in [-0.15, -0.1) is 0 Å². The highest BCUT2D eigenvalue weighted by Gasteiger charge is 2.11. The van der Waals surface area contributed by atoms with Crippen LogP contribution < -0.4 is 0 Å². The maximum absolute atomic E-state index is 6.01. The van der Waals surface area contributed by atoms with Crippen LogP contribution >= 0.6 is 0 Å². The first-order chi connectivity index (χ1) is 12.8. The molecular weight excluding hydrogens is 316 g/mol. The van der Waals surface area contributed by atoms with Gasteiger partial charge in [0.1, 0.15) is 11.2 Å². The van der Waals surface area contributed by atoms with Crippen molar-refractivity contribution in [2.75, 3.05) is 0 Å². The molecule has 1 nitrogen and oxygen atoms in total. The fraction of sp³-hybridized carbons (Fsp3) is 0.0400. The standard InChI is InChI=1S/C25H18O/c1-17-11-13-24-22(15-17)23-16-19(12-14-25(23)26-24)21-10-6-5-9-20(21)18-7-3-2-4-8-18/h2-16H,1H3. The van der Waals surface area contributed by atoms with Crippen LogP contribution in [0.1, 0.15) is 5.56 Å². The highest BCUT2D eigenvalue weighted by Crippen LogP contribution is 2.36. The summed E-state index contributed by atoms with van der Waals surface area (Å²) < 4.78 is 6.01. The fourth-order valence-electron chi connectivity index (χ4n) is 3.66. The summed E-state index contributed by atoms with van der Waals surface area (Å²) in [5, 5.41) is 2.35. The summed E-state index contributed by atoms with van der Waals surface area (Å²) in [7, 11) is 0. The highest BCUT2D eigenvalue weighted by molar-refractivity contribution is 6.07. The molecule has 0 radical (unpaired) electrons. The Kier molecular flexibility index (Phi) is 3.39. The van der Waals surface area contributed by atoms with Gasteiger partial charge in [0.2, 0.25) is 0 Å². The van der Waals surface area contributed by atoms with Crippen LogP contribution in [-0.4, -0.2) is 0 Å². The molecule has 0 unspecified atom stereocenters. The molecule has 0 amide bonds. The number of furan rings is 1. The van der Waals surface area contributed by atoms with Crippen molar-refractivity contribution in [1.29, 1.82) is 0 Å². The summed E-state index contributed by atoms with van der Waals surface area (Å²) in [6.45, 7) is 2.12. The maximum Gasteiger partial charge on any atom is 0.135 e. The summed E-state index contributed by atoms with van der Waals surface area (Å²) in [5.41, 5.74) is 8.05. The first kappa shape index (κ1) is 15.0. The van der Waals surface area contributed by atoms with Gasteiger partial charge in [-0.05, 0) is 53.4 Å². The normalized spacial score (nSPS) is 11.3. The van der Waals surface area contributed by atoms with Crippen molar-refractivity contribution in [1.82, 2.24) is 0 Å². The van der Waals surface area contributed by atoms with Gasteiger partial charge in [-0.1, -0.05) is 72.3 Å². The molecule has 1 heterocycles. The third-order valence-electron chi connectivity index (χ3n) is 4.95. The SMILES string of the molecule is Cc1ccc2oc3ccc(-c4ccccc4-c4ccccc4)cc3c2c1. The van der Waals surface area contributed by atoms with E-state index in [4.69, 9.17) is 4.42 Å². The predicted molar refractivity (Wildman–Crippen MR) is 109 cm³/mol. The van der Waals surface area contributed by atoms with E-state index in [1.54, 1.807) is 0 Å². The highest BCUT2D eigenvalue weighted by atomic mass is 16.3. The zero-order valence-electron chi connectivity index (χ0n) is 14.6. The van der Waals surface area contributed by atoms with Crippen molar-refractivity contribution in [3.63, 3.8) is 0 Å². The van der Waals surface area contributed by atoms with Crippen LogP contribution in [0, 0.1) is 6.92 Å². The first-order valence-electron chi connectivity index (χ1n) is 8.87. The molecule has 0 N–H and O–H groups in total. The lowest BCUT2D eigenvalue weighted by atomic mass is 9.94. The number of fused-ring (bicyclic) bond motifs is 3. The molecule has 0 saturated heterocycles. The van der Waals surface area contributed by atoms with E-state index in [1.807, 2.05) is 0 Å². The van der Waals surface area contributed by atoms with E-state index < -0.39 is 0 Å². The molecule has 0 atom stereocenters. The predicted octanol–water partition coefficient (Wildman–Crippen LogP) is 7.23. The second kappa shape index (κ2) is 5.89. The molecule has 0 spiro atoms. The Morgan fingerprint density at radius 2 is 1.15 bits per heavy atom. The van der Waals surface area contributed by atoms with Crippen LogP contribution in [0.3, 0.4) is 0 Å². The quantitative estimate of drug-likeness (QED) is 0.332. The Balaban J connectivity index is 1.75. The monoisotopic (exact) mass is 334 g/mol. The van der Waals surface area contributed by atoms with Crippen molar-refractivity contribution >= 4 is 21.9 Å². The minimum atomic E-state index is 0.937. The molecule has 26 heavy (non-hydrogen) atoms. The third-order valence-corrected chi connectivity index (χ3v) is 4.95. The Morgan fingerprint density at radius 3 is 1.92 bits per heavy atom. The minimum Gasteiger partial charge on any atom is -0.456 e. The molecule has 0 saturated carbocycles. The van der Waals surface area contributed by atoms with E-state index in [2.05, 4.69) is 97.9 Å². The third kappa shape index (κ3) is 2.41. The van der Waals surface area contributed by atoms with Gasteiger partial charge in [-0.25, -0.2) is 0 Å². The number of rotatable bonds is 2. The smallest absolute Gasteiger partial charge is 0.135 e. The number of benzene rings is 4. The molecule has 0 bridgehead atoms. The van der Waals surface area contributed by atoms with E-state index in [-0.39, 0.29) is 0 Å². The summed E-state index contributed by atoms with van der Waals surface area (Å²) in [4.78, 5) is 0. The summed E-state index contributed by atoms with van der Waals surface area (Å²) in [5.74, 6) is 0. The lowest BCUT2D eigenvalue weighted by Gasteiger charge is -2.10. The number of hydrogen-bond acceptors (Lipinski definition) is 1. The molecule has 5 aromatic rings. The Morgan fingerprint density at radius 1 is 0.538 bits per heavy atom. The zero-order valence-corrected chi connectivity index (χ0v) is 14.6. The van der Waals surface area contributed by atoms with Gasteiger partial charge in [-0.2, -0.15) is 0 Å². The lowest BCUT2D eigenvalue weighted by molar-refractivity contribution is 0.669. The van der Waals surface area contributed by atoms with E-state index >= 15 is 0 Å². The van der Waals surface area contributed by atoms with Gasteiger partial charge in [-0.3, -0.25) is 0 Å². The molecule has 124 valence electrons. The molecule has 0 aliphatic carbocycles. The van der Waals surface area contributed by atoms with E-state index in [0.29, 0.717) is 0 Å². The van der Waals surface area contributed by atoms with Gasteiger partial charge in [0.15, 0.2) is 0 Å². The first-order valence-corrected chi connectivity index (χ1v) is 8.87. The Hall–Kier alpha value is -3.32. The number of hydrogen-bond donors (Lipinski definition) is 0. The van der Waals surface area contributed by atoms with Crippen LogP contribution in [0.25, 0.3) is 44.2 Å². The zero-order chi connectivity index (χ0) is 17.5. The minimum absolute atomic E-state index is 0.937. The van der Waals surface area contributed by atoms with Gasteiger partial charge in [0, 0.05) is 10.8 Å². The second-order valence-electron chi connectivity index (χ2n) is 6.72. The van der Waals surface area contributed by atoms with Gasteiger partial charge >= 0.3 is 0 Å². The lowest BCUT2D eigenvalue weighted by Crippen LogP contribution is -1.84. The van der Waals surface area contributed by atoms with Crippen molar-refractivity contribution < 1.29 is 4.42 Å². The molecule has 0 aliphatic heterocycles. The van der Waals surface area contributed by atoms with E-state index in [0.717, 1.165) is 11.2 Å². The van der Waals surface area contributed by atoms with E-state index in [1.165, 1.54) is 38.6 Å². The summed E-state index contributed by atoms with van der Waals surface area (Å²) >= 11 is 0. The van der Waals surface area contributed by atoms with Crippen molar-refractivity contribution in [2.45, 2.75) is 6.92 Å². The van der Waals surface area contributed by atoms with Gasteiger partial charge < -0.3 is 4.42 Å². The summed E-state index contributed by atoms with van der Waals surface area (Å²) in [6.07, 6.45) is 0. The maximum atomic E-state index is 6.01. The van der Waals surface area contributed by atoms with Crippen molar-refractivity contribution in [3.8, 4) is 22.3 Å². The molecular formula is C25H18O. The average molecular weight is 334 g/mol. The van der Waals surface area contributed by atoms with Crippen molar-refractivity contribution in [2.24, 2.45) is 0 Å². The summed E-state index contributed by atoms with van der Waals surface area (Å²) in [6, 6.07) is 32.0. The molecule has 1 aromatic heterocycles. The topological polar surface area (TPSA) is 13.1 Å². The molecule has 0 aliphatic rings. The molecule has 4 aromatic carbocycles. The van der Waals surface area contributed by atoms with Crippen LogP contribution in [0.5, 0.6) is 0 Å². The average Bonchev–Trinajstić information content (AvgIpc) is 3.06. The van der Waals surface area contributed by atoms with Gasteiger partial charge in [0.25, 0.3) is 0 Å². The van der Waals surface area contributed by atoms with Crippen LogP contribution in [0.4, 0.5) is 0 Å². The van der Waals surface area contributed by atoms with Crippen LogP contribution in [0.2, 0.25) is 0 Å². The molecule has 0 fully saturated rings. The van der Waals surface area contributed by atoms with E-state index in [9.17, 15) is 0 Å². The molecule has 5 rings (SSSR count). The van der Waals surface area contributed by atoms with Crippen LogP contribution in [-0.2, 0) is 0 Å². The largest absolute Gasteiger partial charge is 0.456 e. The number of aryl methyl sites for hydroxylation is 1. The Labute approximate surface area is 152 Å². The fourth-order valence-corrected chi connectivity index (χ4v) is 3.66. The van der Waals surface area contributed by atoms with Crippen molar-refractivity contribution in [3.05, 3.63) is 96.6 Å².